The summed E-state index contributed by atoms with van der Waals surface area (Å²) >= 11 is 3.40. The van der Waals surface area contributed by atoms with Crippen LogP contribution in [0.2, 0.25) is 0 Å². The molecule has 0 fully saturated rings. The SMILES string of the molecule is CCc1nsc(SC2CCc3ccccc3NC2)n1. The largest absolute Gasteiger partial charge is 0.384 e. The molecule has 100 valence electrons. The molecule has 3 nitrogen and oxygen atoms in total. The fourth-order valence-electron chi connectivity index (χ4n) is 2.23. The highest BCUT2D eigenvalue weighted by atomic mass is 32.2. The van der Waals surface area contributed by atoms with Gasteiger partial charge < -0.3 is 5.32 Å². The first-order valence-electron chi connectivity index (χ1n) is 6.66. The smallest absolute Gasteiger partial charge is 0.170 e. The Morgan fingerprint density at radius 3 is 3.16 bits per heavy atom. The van der Waals surface area contributed by atoms with Crippen LogP contribution in [0.25, 0.3) is 0 Å². The van der Waals surface area contributed by atoms with Crippen molar-refractivity contribution in [1.82, 2.24) is 9.36 Å². The lowest BCUT2D eigenvalue weighted by Crippen LogP contribution is -2.14. The number of rotatable bonds is 3. The molecule has 1 aromatic carbocycles. The molecule has 0 amide bonds. The van der Waals surface area contributed by atoms with Crippen LogP contribution in [0.1, 0.15) is 24.7 Å². The van der Waals surface area contributed by atoms with Crippen LogP contribution in [-0.4, -0.2) is 21.2 Å². The van der Waals surface area contributed by atoms with Crippen molar-refractivity contribution in [3.8, 4) is 0 Å². The Morgan fingerprint density at radius 2 is 2.32 bits per heavy atom. The van der Waals surface area contributed by atoms with Crippen LogP contribution in [0.3, 0.4) is 0 Å². The Balaban J connectivity index is 1.65. The highest BCUT2D eigenvalue weighted by Crippen LogP contribution is 2.31. The van der Waals surface area contributed by atoms with Crippen LogP contribution >= 0.6 is 23.3 Å². The second-order valence-corrected chi connectivity index (χ2v) is 6.95. The highest BCUT2D eigenvalue weighted by Gasteiger charge is 2.18. The van der Waals surface area contributed by atoms with Crippen molar-refractivity contribution in [3.63, 3.8) is 0 Å². The highest BCUT2D eigenvalue weighted by molar-refractivity contribution is 8.01. The number of benzene rings is 1. The zero-order valence-corrected chi connectivity index (χ0v) is 12.6. The zero-order valence-electron chi connectivity index (χ0n) is 10.9. The number of aromatic nitrogens is 2. The Hall–Kier alpha value is -1.07. The molecular formula is C14H17N3S2. The molecule has 0 saturated carbocycles. The van der Waals surface area contributed by atoms with Gasteiger partial charge in [0.15, 0.2) is 4.34 Å². The molecule has 2 heterocycles. The monoisotopic (exact) mass is 291 g/mol. The summed E-state index contributed by atoms with van der Waals surface area (Å²) in [4.78, 5) is 4.55. The van der Waals surface area contributed by atoms with Gasteiger partial charge in [-0.2, -0.15) is 4.37 Å². The van der Waals surface area contributed by atoms with Crippen LogP contribution in [0, 0.1) is 0 Å². The summed E-state index contributed by atoms with van der Waals surface area (Å²) in [6, 6.07) is 8.60. The number of thioether (sulfide) groups is 1. The van der Waals surface area contributed by atoms with Crippen LogP contribution < -0.4 is 5.32 Å². The van der Waals surface area contributed by atoms with Crippen LogP contribution in [0.4, 0.5) is 5.69 Å². The molecule has 1 aliphatic rings. The summed E-state index contributed by atoms with van der Waals surface area (Å²) in [6.45, 7) is 3.10. The Kier molecular flexibility index (Phi) is 4.03. The summed E-state index contributed by atoms with van der Waals surface area (Å²) in [7, 11) is 0. The minimum absolute atomic E-state index is 0.574. The first-order chi connectivity index (χ1) is 9.35. The van der Waals surface area contributed by atoms with E-state index in [1.807, 2.05) is 11.8 Å². The minimum Gasteiger partial charge on any atom is -0.384 e. The van der Waals surface area contributed by atoms with E-state index in [2.05, 4.69) is 45.9 Å². The van der Waals surface area contributed by atoms with Gasteiger partial charge in [-0.15, -0.1) is 0 Å². The number of nitrogens with one attached hydrogen (secondary N) is 1. The van der Waals surface area contributed by atoms with Gasteiger partial charge in [-0.1, -0.05) is 36.9 Å². The third-order valence-electron chi connectivity index (χ3n) is 3.31. The van der Waals surface area contributed by atoms with Crippen molar-refractivity contribution in [2.75, 3.05) is 11.9 Å². The van der Waals surface area contributed by atoms with Crippen molar-refractivity contribution in [2.24, 2.45) is 0 Å². The molecular weight excluding hydrogens is 274 g/mol. The first kappa shape index (κ1) is 12.9. The van der Waals surface area contributed by atoms with Gasteiger partial charge >= 0.3 is 0 Å². The number of hydrogen-bond donors (Lipinski definition) is 1. The molecule has 1 atom stereocenters. The van der Waals surface area contributed by atoms with Crippen molar-refractivity contribution in [2.45, 2.75) is 35.8 Å². The lowest BCUT2D eigenvalue weighted by molar-refractivity contribution is 0.802. The molecule has 0 radical (unpaired) electrons. The second kappa shape index (κ2) is 5.92. The Labute approximate surface area is 122 Å². The fourth-order valence-corrected chi connectivity index (χ4v) is 4.26. The van der Waals surface area contributed by atoms with E-state index >= 15 is 0 Å². The molecule has 0 aliphatic carbocycles. The molecule has 5 heteroatoms. The number of para-hydroxylation sites is 1. The van der Waals surface area contributed by atoms with Crippen LogP contribution in [0.15, 0.2) is 28.6 Å². The first-order valence-corrected chi connectivity index (χ1v) is 8.31. The normalized spacial score (nSPS) is 18.5. The molecule has 0 spiro atoms. The fraction of sp³-hybridized carbons (Fsp3) is 0.429. The molecule has 1 aliphatic heterocycles. The lowest BCUT2D eigenvalue weighted by atomic mass is 10.1. The molecule has 1 aromatic heterocycles. The summed E-state index contributed by atoms with van der Waals surface area (Å²) in [6.07, 6.45) is 3.25. The van der Waals surface area contributed by atoms with E-state index in [0.29, 0.717) is 5.25 Å². The number of fused-ring (bicyclic) bond motifs is 1. The van der Waals surface area contributed by atoms with Crippen molar-refractivity contribution >= 4 is 29.0 Å². The van der Waals surface area contributed by atoms with Crippen LogP contribution in [0.5, 0.6) is 0 Å². The van der Waals surface area contributed by atoms with Crippen molar-refractivity contribution in [1.29, 1.82) is 0 Å². The minimum atomic E-state index is 0.574. The third kappa shape index (κ3) is 3.09. The maximum absolute atomic E-state index is 4.55. The summed E-state index contributed by atoms with van der Waals surface area (Å²) < 4.78 is 5.46. The van der Waals surface area contributed by atoms with Crippen LogP contribution in [-0.2, 0) is 12.8 Å². The maximum Gasteiger partial charge on any atom is 0.170 e. The average molecular weight is 291 g/mol. The van der Waals surface area contributed by atoms with Crippen molar-refractivity contribution in [3.05, 3.63) is 35.7 Å². The number of hydrogen-bond acceptors (Lipinski definition) is 5. The summed E-state index contributed by atoms with van der Waals surface area (Å²) in [5.41, 5.74) is 2.72. The van der Waals surface area contributed by atoms with Gasteiger partial charge in [-0.3, -0.25) is 0 Å². The zero-order chi connectivity index (χ0) is 13.1. The van der Waals surface area contributed by atoms with E-state index in [4.69, 9.17) is 0 Å². The number of anilines is 1. The van der Waals surface area contributed by atoms with E-state index in [9.17, 15) is 0 Å². The Bertz CT molecular complexity index is 526. The third-order valence-corrected chi connectivity index (χ3v) is 5.40. The molecule has 3 rings (SSSR count). The molecule has 0 bridgehead atoms. The molecule has 0 saturated heterocycles. The van der Waals surface area contributed by atoms with Gasteiger partial charge in [0, 0.05) is 23.9 Å². The van der Waals surface area contributed by atoms with Gasteiger partial charge in [0.25, 0.3) is 0 Å². The van der Waals surface area contributed by atoms with E-state index in [1.165, 1.54) is 29.2 Å². The number of nitrogens with zero attached hydrogens (tertiary/aromatic N) is 2. The van der Waals surface area contributed by atoms with Gasteiger partial charge in [-0.05, 0) is 36.0 Å². The van der Waals surface area contributed by atoms with E-state index in [1.54, 1.807) is 0 Å². The van der Waals surface area contributed by atoms with Gasteiger partial charge in [0.05, 0.1) is 0 Å². The summed E-state index contributed by atoms with van der Waals surface area (Å²) in [5.74, 6) is 0.970. The van der Waals surface area contributed by atoms with Gasteiger partial charge in [0.2, 0.25) is 0 Å². The standard InChI is InChI=1S/C14H17N3S2/c1-2-13-16-14(19-17-13)18-11-8-7-10-5-3-4-6-12(10)15-9-11/h3-6,11,15H,2,7-9H2,1H3. The lowest BCUT2D eigenvalue weighted by Gasteiger charge is -2.11. The molecule has 1 N–H and O–H groups in total. The predicted molar refractivity (Wildman–Crippen MR) is 82.2 cm³/mol. The molecule has 2 aromatic rings. The topological polar surface area (TPSA) is 37.8 Å². The Morgan fingerprint density at radius 1 is 1.42 bits per heavy atom. The van der Waals surface area contributed by atoms with E-state index in [-0.39, 0.29) is 0 Å². The van der Waals surface area contributed by atoms with Gasteiger partial charge in [0.1, 0.15) is 5.82 Å². The van der Waals surface area contributed by atoms with E-state index in [0.717, 1.165) is 29.6 Å². The van der Waals surface area contributed by atoms with Crippen molar-refractivity contribution < 1.29 is 0 Å². The number of aryl methyl sites for hydroxylation is 2. The second-order valence-electron chi connectivity index (χ2n) is 4.65. The molecule has 19 heavy (non-hydrogen) atoms. The maximum atomic E-state index is 4.55. The predicted octanol–water partition coefficient (Wildman–Crippen LogP) is 3.62. The molecule has 1 unspecified atom stereocenters. The quantitative estimate of drug-likeness (QED) is 0.937. The van der Waals surface area contributed by atoms with E-state index < -0.39 is 0 Å². The van der Waals surface area contributed by atoms with Gasteiger partial charge in [-0.25, -0.2) is 4.98 Å². The average Bonchev–Trinajstić information content (AvgIpc) is 2.80. The summed E-state index contributed by atoms with van der Waals surface area (Å²) in [5, 5.41) is 4.13.